The van der Waals surface area contributed by atoms with Crippen molar-refractivity contribution in [3.63, 3.8) is 0 Å². The summed E-state index contributed by atoms with van der Waals surface area (Å²) in [5.41, 5.74) is 0.953. The van der Waals surface area contributed by atoms with E-state index in [1.807, 2.05) is 19.1 Å². The molecular formula is C9H13IN2O2. The van der Waals surface area contributed by atoms with Gasteiger partial charge in [-0.2, -0.15) is 0 Å². The number of pyridine rings is 1. The molecule has 0 saturated heterocycles. The van der Waals surface area contributed by atoms with Crippen molar-refractivity contribution in [2.75, 3.05) is 18.5 Å². The maximum absolute atomic E-state index is 9.10. The van der Waals surface area contributed by atoms with E-state index in [1.165, 1.54) is 0 Å². The second kappa shape index (κ2) is 5.47. The van der Waals surface area contributed by atoms with Crippen LogP contribution in [0.25, 0.3) is 0 Å². The van der Waals surface area contributed by atoms with Gasteiger partial charge in [-0.25, -0.2) is 4.98 Å². The van der Waals surface area contributed by atoms with Gasteiger partial charge in [-0.3, -0.25) is 0 Å². The Morgan fingerprint density at radius 2 is 2.29 bits per heavy atom. The quantitative estimate of drug-likeness (QED) is 0.719. The fourth-order valence-electron chi connectivity index (χ4n) is 0.929. The molecule has 14 heavy (non-hydrogen) atoms. The smallest absolute Gasteiger partial charge is 0.126 e. The number of hydrogen-bond donors (Lipinski definition) is 3. The summed E-state index contributed by atoms with van der Waals surface area (Å²) in [4.78, 5) is 4.27. The maximum Gasteiger partial charge on any atom is 0.126 e. The Bertz CT molecular complexity index is 307. The van der Waals surface area contributed by atoms with Crippen LogP contribution in [0.1, 0.15) is 5.69 Å². The predicted molar refractivity (Wildman–Crippen MR) is 63.3 cm³/mol. The van der Waals surface area contributed by atoms with Gasteiger partial charge in [0.05, 0.1) is 18.4 Å². The molecule has 1 aromatic rings. The lowest BCUT2D eigenvalue weighted by Crippen LogP contribution is -2.23. The average molecular weight is 308 g/mol. The second-order valence-electron chi connectivity index (χ2n) is 2.98. The van der Waals surface area contributed by atoms with Crippen LogP contribution in [-0.2, 0) is 0 Å². The first-order valence-electron chi connectivity index (χ1n) is 4.29. The fraction of sp³-hybridized carbons (Fsp3) is 0.444. The van der Waals surface area contributed by atoms with Crippen molar-refractivity contribution in [3.05, 3.63) is 21.4 Å². The van der Waals surface area contributed by atoms with Crippen molar-refractivity contribution in [1.29, 1.82) is 0 Å². The molecule has 0 saturated carbocycles. The van der Waals surface area contributed by atoms with E-state index in [9.17, 15) is 0 Å². The zero-order chi connectivity index (χ0) is 10.6. The maximum atomic E-state index is 9.10. The summed E-state index contributed by atoms with van der Waals surface area (Å²) in [7, 11) is 0. The Morgan fingerprint density at radius 1 is 1.57 bits per heavy atom. The SMILES string of the molecule is Cc1nc(NCC(O)CO)ccc1I. The number of rotatable bonds is 4. The lowest BCUT2D eigenvalue weighted by atomic mass is 10.3. The van der Waals surface area contributed by atoms with Crippen molar-refractivity contribution in [2.24, 2.45) is 0 Å². The van der Waals surface area contributed by atoms with Gasteiger partial charge in [0.25, 0.3) is 0 Å². The highest BCUT2D eigenvalue weighted by molar-refractivity contribution is 14.1. The normalized spacial score (nSPS) is 12.6. The molecule has 0 radical (unpaired) electrons. The summed E-state index contributed by atoms with van der Waals surface area (Å²) in [5, 5.41) is 20.6. The Labute approximate surface area is 96.5 Å². The lowest BCUT2D eigenvalue weighted by Gasteiger charge is -2.10. The molecule has 1 unspecified atom stereocenters. The standard InChI is InChI=1S/C9H13IN2O2/c1-6-8(10)2-3-9(12-6)11-4-7(14)5-13/h2-3,7,13-14H,4-5H2,1H3,(H,11,12). The topological polar surface area (TPSA) is 65.4 Å². The zero-order valence-electron chi connectivity index (χ0n) is 7.87. The summed E-state index contributed by atoms with van der Waals surface area (Å²) in [5.74, 6) is 0.718. The first-order valence-corrected chi connectivity index (χ1v) is 5.37. The molecule has 1 rings (SSSR count). The molecule has 0 aliphatic heterocycles. The molecule has 0 bridgehead atoms. The predicted octanol–water partition coefficient (Wildman–Crippen LogP) is 0.760. The number of aryl methyl sites for hydroxylation is 1. The molecule has 1 atom stereocenters. The van der Waals surface area contributed by atoms with E-state index in [0.29, 0.717) is 6.54 Å². The molecule has 5 heteroatoms. The van der Waals surface area contributed by atoms with Crippen LogP contribution < -0.4 is 5.32 Å². The van der Waals surface area contributed by atoms with Gasteiger partial charge in [-0.05, 0) is 41.6 Å². The van der Waals surface area contributed by atoms with Gasteiger partial charge in [-0.15, -0.1) is 0 Å². The Kier molecular flexibility index (Phi) is 4.56. The number of hydrogen-bond acceptors (Lipinski definition) is 4. The van der Waals surface area contributed by atoms with Crippen LogP contribution in [0.4, 0.5) is 5.82 Å². The number of aliphatic hydroxyl groups excluding tert-OH is 2. The fourth-order valence-corrected chi connectivity index (χ4v) is 1.23. The molecular weight excluding hydrogens is 295 g/mol. The van der Waals surface area contributed by atoms with Crippen molar-refractivity contribution in [2.45, 2.75) is 13.0 Å². The van der Waals surface area contributed by atoms with Crippen LogP contribution in [0, 0.1) is 10.5 Å². The highest BCUT2D eigenvalue weighted by Crippen LogP contribution is 2.12. The number of nitrogens with one attached hydrogen (secondary N) is 1. The summed E-state index contributed by atoms with van der Waals surface area (Å²) in [6.45, 7) is 2.00. The van der Waals surface area contributed by atoms with Crippen LogP contribution in [0.15, 0.2) is 12.1 Å². The monoisotopic (exact) mass is 308 g/mol. The zero-order valence-corrected chi connectivity index (χ0v) is 10.0. The third-order valence-electron chi connectivity index (χ3n) is 1.75. The van der Waals surface area contributed by atoms with E-state index in [-0.39, 0.29) is 6.61 Å². The van der Waals surface area contributed by atoms with Crippen LogP contribution in [-0.4, -0.2) is 34.5 Å². The number of aromatic nitrogens is 1. The minimum atomic E-state index is -0.739. The summed E-state index contributed by atoms with van der Waals surface area (Å²) < 4.78 is 1.11. The van der Waals surface area contributed by atoms with Crippen LogP contribution >= 0.6 is 22.6 Å². The van der Waals surface area contributed by atoms with Crippen molar-refractivity contribution in [3.8, 4) is 0 Å². The summed E-state index contributed by atoms with van der Waals surface area (Å²) in [6.07, 6.45) is -0.739. The van der Waals surface area contributed by atoms with Gasteiger partial charge in [0.15, 0.2) is 0 Å². The van der Waals surface area contributed by atoms with Gasteiger partial charge < -0.3 is 15.5 Å². The van der Waals surface area contributed by atoms with E-state index in [2.05, 4.69) is 32.9 Å². The van der Waals surface area contributed by atoms with Gasteiger partial charge >= 0.3 is 0 Å². The minimum absolute atomic E-state index is 0.240. The third-order valence-corrected chi connectivity index (χ3v) is 2.89. The number of aliphatic hydroxyl groups is 2. The first-order chi connectivity index (χ1) is 6.63. The molecule has 78 valence electrons. The average Bonchev–Trinajstić information content (AvgIpc) is 2.19. The molecule has 1 aromatic heterocycles. The van der Waals surface area contributed by atoms with Gasteiger partial charge in [0.2, 0.25) is 0 Å². The van der Waals surface area contributed by atoms with Crippen LogP contribution in [0.2, 0.25) is 0 Å². The minimum Gasteiger partial charge on any atom is -0.394 e. The molecule has 1 heterocycles. The lowest BCUT2D eigenvalue weighted by molar-refractivity contribution is 0.105. The number of nitrogens with zero attached hydrogens (tertiary/aromatic N) is 1. The second-order valence-corrected chi connectivity index (χ2v) is 4.14. The van der Waals surface area contributed by atoms with E-state index < -0.39 is 6.10 Å². The molecule has 4 nitrogen and oxygen atoms in total. The van der Waals surface area contributed by atoms with E-state index in [0.717, 1.165) is 15.1 Å². The number of anilines is 1. The molecule has 0 fully saturated rings. The van der Waals surface area contributed by atoms with Crippen molar-refractivity contribution >= 4 is 28.4 Å². The molecule has 0 aromatic carbocycles. The van der Waals surface area contributed by atoms with E-state index in [4.69, 9.17) is 10.2 Å². The molecule has 0 amide bonds. The molecule has 0 aliphatic rings. The summed E-state index contributed by atoms with van der Waals surface area (Å²) in [6, 6.07) is 3.80. The van der Waals surface area contributed by atoms with Crippen molar-refractivity contribution in [1.82, 2.24) is 4.98 Å². The van der Waals surface area contributed by atoms with Gasteiger partial charge in [0, 0.05) is 10.1 Å². The summed E-state index contributed by atoms with van der Waals surface area (Å²) >= 11 is 2.21. The van der Waals surface area contributed by atoms with E-state index in [1.54, 1.807) is 0 Å². The van der Waals surface area contributed by atoms with E-state index >= 15 is 0 Å². The largest absolute Gasteiger partial charge is 0.394 e. The molecule has 3 N–H and O–H groups in total. The van der Waals surface area contributed by atoms with Crippen LogP contribution in [0.5, 0.6) is 0 Å². The Hall–Kier alpha value is -0.400. The van der Waals surface area contributed by atoms with Crippen LogP contribution in [0.3, 0.4) is 0 Å². The Morgan fingerprint density at radius 3 is 2.86 bits per heavy atom. The van der Waals surface area contributed by atoms with Gasteiger partial charge in [-0.1, -0.05) is 0 Å². The highest BCUT2D eigenvalue weighted by Gasteiger charge is 2.02. The van der Waals surface area contributed by atoms with Crippen molar-refractivity contribution < 1.29 is 10.2 Å². The number of halogens is 1. The Balaban J connectivity index is 2.55. The molecule has 0 aliphatic carbocycles. The highest BCUT2D eigenvalue weighted by atomic mass is 127. The first kappa shape index (κ1) is 11.7. The third kappa shape index (κ3) is 3.39. The van der Waals surface area contributed by atoms with Gasteiger partial charge in [0.1, 0.15) is 5.82 Å². The molecule has 0 spiro atoms.